The molecule has 1 atom stereocenters. The van der Waals surface area contributed by atoms with Crippen LogP contribution in [0.3, 0.4) is 0 Å². The van der Waals surface area contributed by atoms with Crippen molar-refractivity contribution in [3.63, 3.8) is 0 Å². The zero-order chi connectivity index (χ0) is 19.8. The second kappa shape index (κ2) is 7.37. The lowest BCUT2D eigenvalue weighted by atomic mass is 10.1. The molecule has 0 spiro atoms. The molecule has 1 aliphatic rings. The maximum atomic E-state index is 14.4. The van der Waals surface area contributed by atoms with Crippen molar-refractivity contribution in [3.8, 4) is 5.75 Å². The molecule has 1 saturated heterocycles. The Morgan fingerprint density at radius 2 is 2.07 bits per heavy atom. The van der Waals surface area contributed by atoms with Crippen LogP contribution >= 0.6 is 0 Å². The molecule has 1 unspecified atom stereocenters. The summed E-state index contributed by atoms with van der Waals surface area (Å²) in [4.78, 5) is 14.9. The Morgan fingerprint density at radius 1 is 1.29 bits per heavy atom. The summed E-state index contributed by atoms with van der Waals surface area (Å²) in [6, 6.07) is 9.61. The average molecular weight is 402 g/mol. The maximum absolute atomic E-state index is 14.4. The number of nitrogens with one attached hydrogen (secondary N) is 1. The van der Waals surface area contributed by atoms with E-state index in [0.29, 0.717) is 10.6 Å². The fraction of sp³-hybridized carbons (Fsp3) is 0.250. The van der Waals surface area contributed by atoms with Crippen LogP contribution in [0.25, 0.3) is 11.0 Å². The van der Waals surface area contributed by atoms with E-state index in [1.165, 1.54) is 19.2 Å². The van der Waals surface area contributed by atoms with Gasteiger partial charge in [-0.15, -0.1) is 0 Å². The number of carbonyl (C=O) groups excluding carboxylic acids is 1. The molecule has 0 radical (unpaired) electrons. The topological polar surface area (TPSA) is 77.8 Å². The van der Waals surface area contributed by atoms with Crippen LogP contribution in [0.15, 0.2) is 45.7 Å². The van der Waals surface area contributed by atoms with Crippen LogP contribution in [0, 0.1) is 12.7 Å². The van der Waals surface area contributed by atoms with E-state index in [1.807, 2.05) is 11.8 Å². The van der Waals surface area contributed by atoms with Gasteiger partial charge in [-0.05, 0) is 37.1 Å². The number of hydrogen-bond donors (Lipinski definition) is 1. The van der Waals surface area contributed by atoms with Gasteiger partial charge in [0.2, 0.25) is 4.90 Å². The first kappa shape index (κ1) is 18.6. The van der Waals surface area contributed by atoms with Gasteiger partial charge >= 0.3 is 5.91 Å². The van der Waals surface area contributed by atoms with Crippen LogP contribution in [-0.4, -0.2) is 30.7 Å². The number of halogens is 1. The summed E-state index contributed by atoms with van der Waals surface area (Å²) in [6.07, 6.45) is 1.07. The first-order chi connectivity index (χ1) is 13.5. The van der Waals surface area contributed by atoms with E-state index in [1.54, 1.807) is 24.3 Å². The quantitative estimate of drug-likeness (QED) is 0.661. The van der Waals surface area contributed by atoms with Crippen molar-refractivity contribution in [2.45, 2.75) is 18.2 Å². The van der Waals surface area contributed by atoms with E-state index >= 15 is 0 Å². The third-order valence-corrected chi connectivity index (χ3v) is 5.83. The molecule has 2 aromatic carbocycles. The van der Waals surface area contributed by atoms with Crippen LogP contribution in [0.5, 0.6) is 5.75 Å². The third-order valence-electron chi connectivity index (χ3n) is 4.72. The van der Waals surface area contributed by atoms with Crippen molar-refractivity contribution in [2.75, 3.05) is 25.1 Å². The molecule has 0 saturated carbocycles. The molecule has 1 fully saturated rings. The molecule has 0 bridgehead atoms. The van der Waals surface area contributed by atoms with Crippen molar-refractivity contribution in [1.29, 1.82) is 0 Å². The first-order valence-electron chi connectivity index (χ1n) is 8.81. The van der Waals surface area contributed by atoms with E-state index in [-0.39, 0.29) is 16.7 Å². The average Bonchev–Trinajstić information content (AvgIpc) is 3.05. The Labute approximate surface area is 164 Å². The van der Waals surface area contributed by atoms with Gasteiger partial charge < -0.3 is 18.6 Å². The molecule has 28 heavy (non-hydrogen) atoms. The predicted molar refractivity (Wildman–Crippen MR) is 105 cm³/mol. The lowest BCUT2D eigenvalue weighted by molar-refractivity contribution is 0.0956. The van der Waals surface area contributed by atoms with Crippen molar-refractivity contribution in [2.24, 2.45) is 0 Å². The highest BCUT2D eigenvalue weighted by atomic mass is 32.2. The summed E-state index contributed by atoms with van der Waals surface area (Å²) in [7, 11) is 1.47. The van der Waals surface area contributed by atoms with E-state index in [2.05, 4.69) is 4.72 Å². The largest absolute Gasteiger partial charge is 0.588 e. The second-order valence-corrected chi connectivity index (χ2v) is 7.83. The molecule has 1 N–H and O–H groups in total. The molecule has 1 aliphatic heterocycles. The van der Waals surface area contributed by atoms with Gasteiger partial charge in [0.1, 0.15) is 22.8 Å². The Bertz CT molecular complexity index is 1050. The number of aryl methyl sites for hydroxylation is 1. The standard InChI is InChI=1S/C20H19FN2O4S/c1-12-4-5-19(17(8-12)26-2)28(25)22-20(24)18-11-14-15(21)9-13(10-16(14)27-18)23-6-3-7-23/h4-5,8-11H,3,6-7H2,1-2H3,(H,22,24). The zero-order valence-electron chi connectivity index (χ0n) is 15.5. The smallest absolute Gasteiger partial charge is 0.328 e. The minimum absolute atomic E-state index is 0.103. The van der Waals surface area contributed by atoms with Crippen LogP contribution in [-0.2, 0) is 11.4 Å². The number of nitrogens with zero attached hydrogens (tertiary/aromatic N) is 1. The Balaban J connectivity index is 1.58. The van der Waals surface area contributed by atoms with E-state index in [4.69, 9.17) is 9.15 Å². The number of fused-ring (bicyclic) bond motifs is 1. The summed E-state index contributed by atoms with van der Waals surface area (Å²) >= 11 is -1.85. The van der Waals surface area contributed by atoms with Gasteiger partial charge in [-0.3, -0.25) is 4.79 Å². The maximum Gasteiger partial charge on any atom is 0.328 e. The lowest BCUT2D eigenvalue weighted by Gasteiger charge is -2.33. The summed E-state index contributed by atoms with van der Waals surface area (Å²) in [5, 5.41) is 0.216. The Morgan fingerprint density at radius 3 is 2.75 bits per heavy atom. The second-order valence-electron chi connectivity index (χ2n) is 6.64. The highest BCUT2D eigenvalue weighted by Gasteiger charge is 2.25. The molecule has 6 nitrogen and oxygen atoms in total. The summed E-state index contributed by atoms with van der Waals surface area (Å²) in [6.45, 7) is 3.62. The van der Waals surface area contributed by atoms with Gasteiger partial charge in [-0.1, -0.05) is 6.07 Å². The molecule has 0 aliphatic carbocycles. The number of methoxy groups -OCH3 is 1. The lowest BCUT2D eigenvalue weighted by Crippen LogP contribution is -2.36. The predicted octanol–water partition coefficient (Wildman–Crippen LogP) is 3.55. The number of furan rings is 1. The number of benzene rings is 2. The van der Waals surface area contributed by atoms with Gasteiger partial charge in [0, 0.05) is 30.9 Å². The number of anilines is 1. The van der Waals surface area contributed by atoms with E-state index in [9.17, 15) is 13.7 Å². The zero-order valence-corrected chi connectivity index (χ0v) is 16.3. The highest BCUT2D eigenvalue weighted by Crippen LogP contribution is 2.30. The number of ether oxygens (including phenoxy) is 1. The normalized spacial score (nSPS) is 14.6. The van der Waals surface area contributed by atoms with Crippen molar-refractivity contribution in [3.05, 3.63) is 53.5 Å². The SMILES string of the molecule is COc1cc(C)ccc1[S+]([O-])NC(=O)c1cc2c(F)cc(N3CCC3)cc2o1. The number of carbonyl (C=O) groups is 1. The molecule has 1 aromatic heterocycles. The Kier molecular flexibility index (Phi) is 4.91. The minimum atomic E-state index is -1.85. The Hall–Kier alpha value is -2.71. The van der Waals surface area contributed by atoms with Crippen molar-refractivity contribution in [1.82, 2.24) is 4.72 Å². The number of hydrogen-bond acceptors (Lipinski definition) is 5. The summed E-state index contributed by atoms with van der Waals surface area (Å²) < 4.78 is 40.1. The van der Waals surface area contributed by atoms with Gasteiger partial charge in [0.25, 0.3) is 0 Å². The highest BCUT2D eigenvalue weighted by molar-refractivity contribution is 7.90. The van der Waals surface area contributed by atoms with Gasteiger partial charge in [-0.2, -0.15) is 4.72 Å². The van der Waals surface area contributed by atoms with Gasteiger partial charge in [0.05, 0.1) is 12.5 Å². The molecule has 146 valence electrons. The van der Waals surface area contributed by atoms with E-state index < -0.39 is 23.1 Å². The fourth-order valence-corrected chi connectivity index (χ4v) is 3.96. The first-order valence-corrected chi connectivity index (χ1v) is 9.96. The number of rotatable bonds is 5. The van der Waals surface area contributed by atoms with Crippen LogP contribution in [0.2, 0.25) is 0 Å². The third kappa shape index (κ3) is 3.41. The van der Waals surface area contributed by atoms with Crippen LogP contribution < -0.4 is 14.4 Å². The van der Waals surface area contributed by atoms with E-state index in [0.717, 1.165) is 30.8 Å². The van der Waals surface area contributed by atoms with Crippen LogP contribution in [0.1, 0.15) is 22.5 Å². The summed E-state index contributed by atoms with van der Waals surface area (Å²) in [5.74, 6) is -0.840. The molecule has 4 rings (SSSR count). The monoisotopic (exact) mass is 402 g/mol. The molecular formula is C20H19FN2O4S. The van der Waals surface area contributed by atoms with Crippen molar-refractivity contribution >= 4 is 33.9 Å². The molecule has 8 heteroatoms. The van der Waals surface area contributed by atoms with Gasteiger partial charge in [0.15, 0.2) is 11.5 Å². The van der Waals surface area contributed by atoms with Crippen molar-refractivity contribution < 1.29 is 22.9 Å². The molecular weight excluding hydrogens is 383 g/mol. The van der Waals surface area contributed by atoms with Gasteiger partial charge in [-0.25, -0.2) is 4.39 Å². The molecule has 3 aromatic rings. The molecule has 1 amide bonds. The fourth-order valence-electron chi connectivity index (χ4n) is 3.07. The summed E-state index contributed by atoms with van der Waals surface area (Å²) in [5.41, 5.74) is 1.95. The molecule has 2 heterocycles. The number of amides is 1. The minimum Gasteiger partial charge on any atom is -0.588 e. The van der Waals surface area contributed by atoms with Crippen LogP contribution in [0.4, 0.5) is 10.1 Å².